The van der Waals surface area contributed by atoms with Crippen molar-refractivity contribution in [1.82, 2.24) is 0 Å². The Morgan fingerprint density at radius 1 is 0.920 bits per heavy atom. The molecule has 0 unspecified atom stereocenters. The molecule has 4 aromatic rings. The van der Waals surface area contributed by atoms with E-state index in [-0.39, 0.29) is 6.42 Å². The van der Waals surface area contributed by atoms with Crippen molar-refractivity contribution in [2.75, 3.05) is 0 Å². The van der Waals surface area contributed by atoms with E-state index in [0.717, 1.165) is 16.5 Å². The largest absolute Gasteiger partial charge is 0.481 e. The Hall–Kier alpha value is -2.68. The first-order chi connectivity index (χ1) is 12.2. The minimum absolute atomic E-state index is 0.103. The van der Waals surface area contributed by atoms with E-state index in [0.29, 0.717) is 6.42 Å². The molecule has 5 heteroatoms. The van der Waals surface area contributed by atoms with Crippen molar-refractivity contribution in [1.29, 1.82) is 5.26 Å². The van der Waals surface area contributed by atoms with Crippen LogP contribution in [-0.4, -0.2) is 11.1 Å². The first-order valence-corrected chi connectivity index (χ1v) is 9.42. The average molecular weight is 365 g/mol. The number of hydrogen-bond acceptors (Lipinski definition) is 4. The molecule has 2 aromatic carbocycles. The van der Waals surface area contributed by atoms with Gasteiger partial charge in [-0.2, -0.15) is 5.26 Å². The average Bonchev–Trinajstić information content (AvgIpc) is 3.23. The van der Waals surface area contributed by atoms with Crippen LogP contribution < -0.4 is 0 Å². The number of rotatable bonds is 3. The molecule has 0 spiro atoms. The van der Waals surface area contributed by atoms with Crippen LogP contribution in [0.3, 0.4) is 0 Å². The molecule has 3 nitrogen and oxygen atoms in total. The van der Waals surface area contributed by atoms with Crippen molar-refractivity contribution in [3.63, 3.8) is 0 Å². The van der Waals surface area contributed by atoms with Gasteiger partial charge in [-0.25, -0.2) is 0 Å². The topological polar surface area (TPSA) is 61.1 Å². The van der Waals surface area contributed by atoms with Crippen LogP contribution in [0, 0.1) is 11.3 Å². The zero-order valence-corrected chi connectivity index (χ0v) is 14.9. The number of benzene rings is 2. The maximum absolute atomic E-state index is 10.4. The van der Waals surface area contributed by atoms with Crippen molar-refractivity contribution < 1.29 is 9.90 Å². The molecule has 0 fully saturated rings. The van der Waals surface area contributed by atoms with Gasteiger partial charge in [0.15, 0.2) is 0 Å². The van der Waals surface area contributed by atoms with Gasteiger partial charge in [-0.3, -0.25) is 4.79 Å². The molecular weight excluding hydrogens is 350 g/mol. The van der Waals surface area contributed by atoms with Gasteiger partial charge in [0.2, 0.25) is 0 Å². The zero-order valence-electron chi connectivity index (χ0n) is 13.3. The number of carbonyl (C=O) groups is 1. The van der Waals surface area contributed by atoms with Crippen molar-refractivity contribution in [3.05, 3.63) is 70.4 Å². The summed E-state index contributed by atoms with van der Waals surface area (Å²) < 4.78 is 2.49. The lowest BCUT2D eigenvalue weighted by Gasteiger charge is -1.96. The Bertz CT molecular complexity index is 1060. The van der Waals surface area contributed by atoms with Gasteiger partial charge in [0.25, 0.3) is 0 Å². The van der Waals surface area contributed by atoms with Crippen molar-refractivity contribution in [2.45, 2.75) is 12.8 Å². The molecule has 1 N–H and O–H groups in total. The number of carboxylic acids is 1. The Labute approximate surface area is 153 Å². The summed E-state index contributed by atoms with van der Waals surface area (Å²) in [5.74, 6) is -0.783. The predicted octanol–water partition coefficient (Wildman–Crippen LogP) is 5.50. The van der Waals surface area contributed by atoms with E-state index in [4.69, 9.17) is 10.4 Å². The molecule has 2 aromatic heterocycles. The van der Waals surface area contributed by atoms with E-state index in [1.807, 2.05) is 35.7 Å². The molecular formula is C20H15NO2S2. The second-order valence-electron chi connectivity index (χ2n) is 5.49. The van der Waals surface area contributed by atoms with Crippen LogP contribution in [0.1, 0.15) is 11.1 Å². The number of nitrogens with zero attached hydrogens (tertiary/aromatic N) is 1. The molecule has 2 heterocycles. The van der Waals surface area contributed by atoms with Gasteiger partial charge in [0.1, 0.15) is 0 Å². The van der Waals surface area contributed by atoms with E-state index in [2.05, 4.69) is 29.6 Å². The van der Waals surface area contributed by atoms with E-state index < -0.39 is 5.97 Å². The van der Waals surface area contributed by atoms with Gasteiger partial charge in [0.05, 0.1) is 18.9 Å². The van der Waals surface area contributed by atoms with E-state index in [9.17, 15) is 4.79 Å². The fraction of sp³-hybridized carbons (Fsp3) is 0.100. The molecule has 0 radical (unpaired) electrons. The summed E-state index contributed by atoms with van der Waals surface area (Å²) in [7, 11) is 0. The summed E-state index contributed by atoms with van der Waals surface area (Å²) in [6.07, 6.45) is 0.609. The zero-order chi connectivity index (χ0) is 17.6. The molecule has 0 amide bonds. The Kier molecular flexibility index (Phi) is 5.44. The lowest BCUT2D eigenvalue weighted by Crippen LogP contribution is -1.99. The van der Waals surface area contributed by atoms with Crippen LogP contribution >= 0.6 is 22.7 Å². The van der Waals surface area contributed by atoms with Gasteiger partial charge in [-0.05, 0) is 69.1 Å². The molecule has 4 rings (SSSR count). The summed E-state index contributed by atoms with van der Waals surface area (Å²) in [5, 5.41) is 23.5. The third kappa shape index (κ3) is 4.44. The monoisotopic (exact) mass is 365 g/mol. The minimum Gasteiger partial charge on any atom is -0.481 e. The molecule has 0 aliphatic carbocycles. The van der Waals surface area contributed by atoms with Crippen LogP contribution in [0.4, 0.5) is 0 Å². The van der Waals surface area contributed by atoms with Crippen LogP contribution in [-0.2, 0) is 17.6 Å². The minimum atomic E-state index is -0.783. The second-order valence-corrected chi connectivity index (χ2v) is 7.39. The second kappa shape index (κ2) is 7.93. The van der Waals surface area contributed by atoms with E-state index in [1.165, 1.54) is 14.8 Å². The van der Waals surface area contributed by atoms with Crippen LogP contribution in [0.5, 0.6) is 0 Å². The molecule has 0 saturated heterocycles. The highest BCUT2D eigenvalue weighted by Gasteiger charge is 2.01. The maximum Gasteiger partial charge on any atom is 0.307 e. The third-order valence-corrected chi connectivity index (χ3v) is 5.47. The summed E-state index contributed by atoms with van der Waals surface area (Å²) >= 11 is 3.40. The van der Waals surface area contributed by atoms with Crippen LogP contribution in [0.15, 0.2) is 59.3 Å². The highest BCUT2D eigenvalue weighted by Crippen LogP contribution is 2.22. The first-order valence-electron chi connectivity index (χ1n) is 7.67. The fourth-order valence-electron chi connectivity index (χ4n) is 2.52. The maximum atomic E-state index is 10.4. The van der Waals surface area contributed by atoms with Crippen molar-refractivity contribution >= 4 is 48.8 Å². The Balaban J connectivity index is 0.000000146. The smallest absolute Gasteiger partial charge is 0.307 e. The van der Waals surface area contributed by atoms with E-state index >= 15 is 0 Å². The standard InChI is InChI=1S/C10H7NS.C10H8O2S/c11-5-3-8-1-2-10-9(7-8)4-6-12-10;11-10(12)6-7-1-2-9-8(5-7)3-4-13-9/h1-2,4,6-7H,3H2;1-5H,6H2,(H,11,12). The predicted molar refractivity (Wildman–Crippen MR) is 104 cm³/mol. The summed E-state index contributed by atoms with van der Waals surface area (Å²) in [5.41, 5.74) is 1.96. The third-order valence-electron chi connectivity index (χ3n) is 3.67. The Morgan fingerprint density at radius 2 is 1.48 bits per heavy atom. The molecule has 0 atom stereocenters. The summed E-state index contributed by atoms with van der Waals surface area (Å²) in [6.45, 7) is 0. The SMILES string of the molecule is N#CCc1ccc2sccc2c1.O=C(O)Cc1ccc2sccc2c1. The van der Waals surface area contributed by atoms with Gasteiger partial charge < -0.3 is 5.11 Å². The molecule has 0 aliphatic heterocycles. The first kappa shape index (κ1) is 17.2. The fourth-order valence-corrected chi connectivity index (χ4v) is 4.06. The molecule has 124 valence electrons. The van der Waals surface area contributed by atoms with Gasteiger partial charge in [-0.1, -0.05) is 12.1 Å². The summed E-state index contributed by atoms with van der Waals surface area (Å²) in [4.78, 5) is 10.4. The number of carboxylic acid groups (broad SMARTS) is 1. The number of fused-ring (bicyclic) bond motifs is 2. The van der Waals surface area contributed by atoms with Gasteiger partial charge >= 0.3 is 5.97 Å². The molecule has 0 bridgehead atoms. The van der Waals surface area contributed by atoms with Gasteiger partial charge in [0, 0.05) is 9.40 Å². The lowest BCUT2D eigenvalue weighted by molar-refractivity contribution is -0.136. The number of nitriles is 1. The van der Waals surface area contributed by atoms with E-state index in [1.54, 1.807) is 22.7 Å². The van der Waals surface area contributed by atoms with Crippen molar-refractivity contribution in [3.8, 4) is 6.07 Å². The van der Waals surface area contributed by atoms with Gasteiger partial charge in [-0.15, -0.1) is 22.7 Å². The van der Waals surface area contributed by atoms with Crippen molar-refractivity contribution in [2.24, 2.45) is 0 Å². The highest BCUT2D eigenvalue weighted by atomic mass is 32.1. The van der Waals surface area contributed by atoms with Crippen LogP contribution in [0.2, 0.25) is 0 Å². The molecule has 25 heavy (non-hydrogen) atoms. The molecule has 0 saturated carbocycles. The number of hydrogen-bond donors (Lipinski definition) is 1. The van der Waals surface area contributed by atoms with Crippen LogP contribution in [0.25, 0.3) is 20.2 Å². The Morgan fingerprint density at radius 3 is 2.04 bits per heavy atom. The summed E-state index contributed by atoms with van der Waals surface area (Å²) in [6, 6.07) is 18.2. The number of aliphatic carboxylic acids is 1. The number of thiophene rings is 2. The molecule has 0 aliphatic rings. The lowest BCUT2D eigenvalue weighted by atomic mass is 10.1. The normalized spacial score (nSPS) is 10.2. The quantitative estimate of drug-likeness (QED) is 0.522. The highest BCUT2D eigenvalue weighted by molar-refractivity contribution is 7.17.